The number of rotatable bonds is 11. The molecule has 0 radical (unpaired) electrons. The van der Waals surface area contributed by atoms with Crippen LogP contribution in [-0.2, 0) is 52.8 Å². The smallest absolute Gasteiger partial charge is 0.394 e. The van der Waals surface area contributed by atoms with Crippen molar-refractivity contribution in [2.75, 3.05) is 19.8 Å². The normalized spacial score (nSPS) is 45.5. The molecule has 15 atom stereocenters. The van der Waals surface area contributed by atoms with Crippen molar-refractivity contribution in [2.24, 2.45) is 11.8 Å². The second kappa shape index (κ2) is 14.1. The topological polar surface area (TPSA) is 315 Å². The zero-order valence-corrected chi connectivity index (χ0v) is 23.7. The van der Waals surface area contributed by atoms with E-state index in [2.05, 4.69) is 8.37 Å². The Balaban J connectivity index is 1.73. The van der Waals surface area contributed by atoms with E-state index in [-0.39, 0.29) is 0 Å². The highest BCUT2D eigenvalue weighted by atomic mass is 32.3. The van der Waals surface area contributed by atoms with E-state index in [1.807, 2.05) is 0 Å². The highest BCUT2D eigenvalue weighted by Crippen LogP contribution is 2.34. The van der Waals surface area contributed by atoms with Crippen LogP contribution in [0, 0.1) is 11.8 Å². The van der Waals surface area contributed by atoms with Crippen molar-refractivity contribution in [1.29, 1.82) is 0 Å². The van der Waals surface area contributed by atoms with Gasteiger partial charge in [0.1, 0.15) is 42.7 Å². The molecule has 0 saturated carbocycles. The summed E-state index contributed by atoms with van der Waals surface area (Å²) in [5.41, 5.74) is 0. The Hall–Kier alpha value is -0.740. The van der Waals surface area contributed by atoms with Gasteiger partial charge in [0, 0.05) is 11.8 Å². The molecule has 22 heteroatoms. The van der Waals surface area contributed by atoms with Crippen molar-refractivity contribution in [3.05, 3.63) is 0 Å². The van der Waals surface area contributed by atoms with Gasteiger partial charge in [-0.1, -0.05) is 0 Å². The van der Waals surface area contributed by atoms with Gasteiger partial charge in [-0.25, -0.2) is 8.37 Å². The molecule has 20 nitrogen and oxygen atoms in total. The average Bonchev–Trinajstić information content (AvgIpc) is 2.87. The molecule has 3 aliphatic rings. The minimum Gasteiger partial charge on any atom is -0.394 e. The summed E-state index contributed by atoms with van der Waals surface area (Å²) in [7, 11) is -10.3. The van der Waals surface area contributed by atoms with Gasteiger partial charge >= 0.3 is 20.8 Å². The first kappa shape index (κ1) is 35.7. The second-order valence-corrected chi connectivity index (χ2v) is 12.2. The molecule has 3 fully saturated rings. The minimum absolute atomic E-state index is 0.606. The largest absolute Gasteiger partial charge is 0.397 e. The molecule has 9 N–H and O–H groups in total. The summed E-state index contributed by atoms with van der Waals surface area (Å²) in [6.45, 7) is 0.659. The second-order valence-electron chi connectivity index (χ2n) is 10.1. The molecule has 0 bridgehead atoms. The molecule has 0 aliphatic carbocycles. The molecule has 0 spiro atoms. The first-order chi connectivity index (χ1) is 19.3. The molecule has 3 heterocycles. The van der Waals surface area contributed by atoms with E-state index < -0.39 is 132 Å². The van der Waals surface area contributed by atoms with Crippen molar-refractivity contribution >= 4 is 20.8 Å². The van der Waals surface area contributed by atoms with Crippen LogP contribution >= 0.6 is 0 Å². The van der Waals surface area contributed by atoms with Crippen LogP contribution in [0.4, 0.5) is 0 Å². The van der Waals surface area contributed by atoms with Gasteiger partial charge < -0.3 is 59.4 Å². The first-order valence-electron chi connectivity index (χ1n) is 12.5. The lowest BCUT2D eigenvalue weighted by molar-refractivity contribution is -0.320. The molecule has 42 heavy (non-hydrogen) atoms. The fourth-order valence-electron chi connectivity index (χ4n) is 4.88. The van der Waals surface area contributed by atoms with Crippen LogP contribution in [-0.4, -0.2) is 161 Å². The van der Waals surface area contributed by atoms with E-state index >= 15 is 0 Å². The third-order valence-corrected chi connectivity index (χ3v) is 8.12. The third kappa shape index (κ3) is 8.70. The highest BCUT2D eigenvalue weighted by molar-refractivity contribution is 7.81. The Kier molecular flexibility index (Phi) is 12.0. The summed E-state index contributed by atoms with van der Waals surface area (Å²) in [5.74, 6) is -2.53. The van der Waals surface area contributed by atoms with E-state index in [0.29, 0.717) is 0 Å². The van der Waals surface area contributed by atoms with Gasteiger partial charge in [-0.3, -0.25) is 9.11 Å². The summed E-state index contributed by atoms with van der Waals surface area (Å²) < 4.78 is 99.4. The fraction of sp³-hybridized carbons (Fsp3) is 1.00. The molecular formula is C20H36O20S2. The van der Waals surface area contributed by atoms with E-state index in [4.69, 9.17) is 28.2 Å². The van der Waals surface area contributed by atoms with Crippen molar-refractivity contribution in [2.45, 2.75) is 93.8 Å². The third-order valence-electron chi connectivity index (χ3n) is 7.19. The van der Waals surface area contributed by atoms with Gasteiger partial charge in [0.05, 0.1) is 38.1 Å². The summed E-state index contributed by atoms with van der Waals surface area (Å²) in [4.78, 5) is 0. The van der Waals surface area contributed by atoms with E-state index in [0.717, 1.165) is 0 Å². The van der Waals surface area contributed by atoms with Crippen LogP contribution in [0.3, 0.4) is 0 Å². The molecule has 248 valence electrons. The molecule has 0 aromatic carbocycles. The fourth-order valence-corrected chi connectivity index (χ4v) is 5.93. The van der Waals surface area contributed by atoms with E-state index in [1.54, 1.807) is 0 Å². The lowest BCUT2D eigenvalue weighted by Gasteiger charge is -2.45. The van der Waals surface area contributed by atoms with E-state index in [1.165, 1.54) is 13.8 Å². The zero-order valence-electron chi connectivity index (χ0n) is 22.1. The summed E-state index contributed by atoms with van der Waals surface area (Å²) >= 11 is 0. The molecular weight excluding hydrogens is 624 g/mol. The average molecular weight is 661 g/mol. The molecule has 3 saturated heterocycles. The standard InChI is InChI=1S/C20H36O20S2/c1-6-8(4-34-20-15(26)17(40-42(31,32)33)11(22)7(2)37-20)16(39-41(28,29)30)14(25)19(36-6)35-5-9-12(23)10(3-21)38-18(27)13(9)24/h6-27H,3-5H2,1-2H3,(H,28,29,30)(H,31,32,33)/t6?,7?,8-,9?,10?,11-,12-,13?,14?,15?,16?,17?,18?,19-,20-/m1/s1. The predicted octanol–water partition coefficient (Wildman–Crippen LogP) is -5.37. The summed E-state index contributed by atoms with van der Waals surface area (Å²) in [6.07, 6.45) is -21.5. The maximum Gasteiger partial charge on any atom is 0.397 e. The Labute approximate surface area is 240 Å². The number of aliphatic hydroxyl groups is 7. The van der Waals surface area contributed by atoms with Crippen LogP contribution in [0.15, 0.2) is 0 Å². The Morgan fingerprint density at radius 3 is 1.62 bits per heavy atom. The maximum absolute atomic E-state index is 11.6. The highest BCUT2D eigenvalue weighted by Gasteiger charge is 2.51. The van der Waals surface area contributed by atoms with Crippen molar-refractivity contribution in [3.63, 3.8) is 0 Å². The van der Waals surface area contributed by atoms with Gasteiger partial charge in [0.2, 0.25) is 0 Å². The van der Waals surface area contributed by atoms with Gasteiger partial charge in [0.15, 0.2) is 18.9 Å². The zero-order chi connectivity index (χ0) is 31.7. The maximum atomic E-state index is 11.6. The lowest BCUT2D eigenvalue weighted by atomic mass is 9.89. The predicted molar refractivity (Wildman–Crippen MR) is 128 cm³/mol. The number of hydrogen-bond acceptors (Lipinski definition) is 18. The molecule has 10 unspecified atom stereocenters. The quantitative estimate of drug-likeness (QED) is 0.0934. The SMILES string of the molecule is CC1O[C@@H](OC[C@@H]2C(C)O[C@@H](OCC3C(O)C(O)OC(CO)[C@@H]3O)C(O)C2OS(=O)(=O)O)C(O)C(OS(=O)(=O)O)[C@@H]1O. The monoisotopic (exact) mass is 660 g/mol. The van der Waals surface area contributed by atoms with Gasteiger partial charge in [-0.05, 0) is 13.8 Å². The number of ether oxygens (including phenoxy) is 5. The molecule has 0 amide bonds. The lowest BCUT2D eigenvalue weighted by Crippen LogP contribution is -2.61. The first-order valence-corrected chi connectivity index (χ1v) is 15.3. The summed E-state index contributed by atoms with van der Waals surface area (Å²) in [5, 5.41) is 71.1. The number of hydrogen-bond donors (Lipinski definition) is 9. The van der Waals surface area contributed by atoms with Crippen LogP contribution in [0.25, 0.3) is 0 Å². The van der Waals surface area contributed by atoms with Crippen LogP contribution in [0.1, 0.15) is 13.8 Å². The van der Waals surface area contributed by atoms with Gasteiger partial charge in [-0.15, -0.1) is 0 Å². The molecule has 0 aromatic heterocycles. The van der Waals surface area contributed by atoms with Crippen molar-refractivity contribution < 1.29 is 93.7 Å². The molecule has 0 aromatic rings. The van der Waals surface area contributed by atoms with Gasteiger partial charge in [0.25, 0.3) is 0 Å². The van der Waals surface area contributed by atoms with Gasteiger partial charge in [-0.2, -0.15) is 16.8 Å². The van der Waals surface area contributed by atoms with Crippen LogP contribution in [0.2, 0.25) is 0 Å². The molecule has 3 rings (SSSR count). The van der Waals surface area contributed by atoms with E-state index in [9.17, 15) is 57.1 Å². The van der Waals surface area contributed by atoms with Crippen molar-refractivity contribution in [3.8, 4) is 0 Å². The Morgan fingerprint density at radius 2 is 1.10 bits per heavy atom. The minimum atomic E-state index is -5.22. The van der Waals surface area contributed by atoms with Crippen LogP contribution in [0.5, 0.6) is 0 Å². The Morgan fingerprint density at radius 1 is 0.619 bits per heavy atom. The Bertz CT molecular complexity index is 1090. The summed E-state index contributed by atoms with van der Waals surface area (Å²) in [6, 6.07) is 0. The molecule has 3 aliphatic heterocycles. The number of aliphatic hydroxyl groups excluding tert-OH is 7. The van der Waals surface area contributed by atoms with Crippen molar-refractivity contribution in [1.82, 2.24) is 0 Å². The van der Waals surface area contributed by atoms with Crippen LogP contribution < -0.4 is 0 Å².